The van der Waals surface area contributed by atoms with E-state index in [1.54, 1.807) is 30.3 Å². The van der Waals surface area contributed by atoms with Gasteiger partial charge in [-0.2, -0.15) is 0 Å². The molecule has 0 amide bonds. The van der Waals surface area contributed by atoms with Gasteiger partial charge < -0.3 is 9.84 Å². The van der Waals surface area contributed by atoms with Gasteiger partial charge in [-0.05, 0) is 23.3 Å². The summed E-state index contributed by atoms with van der Waals surface area (Å²) in [6, 6.07) is 12.5. The molecule has 0 aliphatic carbocycles. The van der Waals surface area contributed by atoms with E-state index in [0.717, 1.165) is 0 Å². The molecule has 1 unspecified atom stereocenters. The molecule has 0 saturated heterocycles. The first-order valence-corrected chi connectivity index (χ1v) is 6.29. The summed E-state index contributed by atoms with van der Waals surface area (Å²) >= 11 is 5.87. The van der Waals surface area contributed by atoms with Crippen molar-refractivity contribution in [1.82, 2.24) is 0 Å². The molecule has 0 aliphatic rings. The minimum absolute atomic E-state index is 0.00895. The number of ether oxygens (including phenoxy) is 1. The van der Waals surface area contributed by atoms with Crippen LogP contribution in [0.15, 0.2) is 48.5 Å². The van der Waals surface area contributed by atoms with E-state index in [-0.39, 0.29) is 11.6 Å². The van der Waals surface area contributed by atoms with E-state index in [9.17, 15) is 14.3 Å². The van der Waals surface area contributed by atoms with Crippen LogP contribution in [0.3, 0.4) is 0 Å². The number of rotatable bonds is 5. The van der Waals surface area contributed by atoms with Gasteiger partial charge in [0, 0.05) is 5.02 Å². The molecule has 3 nitrogen and oxygen atoms in total. The SMILES string of the molecule is O=C(O)C(OCc1ccc(F)cc1Cl)c1ccccc1. The Bertz CT molecular complexity index is 601. The summed E-state index contributed by atoms with van der Waals surface area (Å²) in [5, 5.41) is 9.41. The lowest BCUT2D eigenvalue weighted by Crippen LogP contribution is -2.15. The number of hydrogen-bond donors (Lipinski definition) is 1. The topological polar surface area (TPSA) is 46.5 Å². The lowest BCUT2D eigenvalue weighted by molar-refractivity contribution is -0.151. The van der Waals surface area contributed by atoms with E-state index in [2.05, 4.69) is 0 Å². The van der Waals surface area contributed by atoms with E-state index >= 15 is 0 Å². The van der Waals surface area contributed by atoms with Gasteiger partial charge in [0.25, 0.3) is 0 Å². The van der Waals surface area contributed by atoms with E-state index in [4.69, 9.17) is 16.3 Å². The van der Waals surface area contributed by atoms with Gasteiger partial charge in [-0.15, -0.1) is 0 Å². The summed E-state index contributed by atoms with van der Waals surface area (Å²) in [5.74, 6) is -1.54. The van der Waals surface area contributed by atoms with Crippen LogP contribution in [0.1, 0.15) is 17.2 Å². The van der Waals surface area contributed by atoms with Gasteiger partial charge >= 0.3 is 5.97 Å². The quantitative estimate of drug-likeness (QED) is 0.912. The monoisotopic (exact) mass is 294 g/mol. The van der Waals surface area contributed by atoms with Gasteiger partial charge in [-0.3, -0.25) is 0 Å². The molecule has 2 rings (SSSR count). The Morgan fingerprint density at radius 1 is 1.25 bits per heavy atom. The third-order valence-corrected chi connectivity index (χ3v) is 3.10. The molecule has 20 heavy (non-hydrogen) atoms. The summed E-state index contributed by atoms with van der Waals surface area (Å²) in [6.07, 6.45) is -1.09. The molecule has 0 spiro atoms. The van der Waals surface area contributed by atoms with Crippen LogP contribution < -0.4 is 0 Å². The fourth-order valence-corrected chi connectivity index (χ4v) is 1.97. The van der Waals surface area contributed by atoms with Crippen molar-refractivity contribution in [3.05, 3.63) is 70.5 Å². The summed E-state index contributed by atoms with van der Waals surface area (Å²) in [6.45, 7) is -0.00895. The van der Waals surface area contributed by atoms with Crippen LogP contribution >= 0.6 is 11.6 Å². The van der Waals surface area contributed by atoms with Crippen molar-refractivity contribution in [3.63, 3.8) is 0 Å². The van der Waals surface area contributed by atoms with Crippen LogP contribution in [-0.4, -0.2) is 11.1 Å². The van der Waals surface area contributed by atoms with E-state index in [1.165, 1.54) is 18.2 Å². The van der Waals surface area contributed by atoms with Crippen molar-refractivity contribution in [2.24, 2.45) is 0 Å². The molecule has 1 atom stereocenters. The van der Waals surface area contributed by atoms with Gasteiger partial charge in [-0.25, -0.2) is 9.18 Å². The molecule has 1 N–H and O–H groups in total. The molecule has 0 heterocycles. The second kappa shape index (κ2) is 6.50. The number of hydrogen-bond acceptors (Lipinski definition) is 2. The minimum Gasteiger partial charge on any atom is -0.479 e. The maximum atomic E-state index is 12.9. The lowest BCUT2D eigenvalue weighted by Gasteiger charge is -2.14. The minimum atomic E-state index is -1.09. The maximum absolute atomic E-state index is 12.9. The fraction of sp³-hybridized carbons (Fsp3) is 0.133. The zero-order valence-electron chi connectivity index (χ0n) is 10.4. The van der Waals surface area contributed by atoms with Crippen molar-refractivity contribution in [2.75, 3.05) is 0 Å². The van der Waals surface area contributed by atoms with E-state index in [0.29, 0.717) is 11.1 Å². The Hall–Kier alpha value is -1.91. The summed E-state index contributed by atoms with van der Waals surface area (Å²) in [5.41, 5.74) is 1.08. The lowest BCUT2D eigenvalue weighted by atomic mass is 10.1. The Kier molecular flexibility index (Phi) is 4.71. The smallest absolute Gasteiger partial charge is 0.337 e. The van der Waals surface area contributed by atoms with Crippen molar-refractivity contribution in [3.8, 4) is 0 Å². The van der Waals surface area contributed by atoms with Crippen LogP contribution in [0.4, 0.5) is 4.39 Å². The first-order valence-electron chi connectivity index (χ1n) is 5.91. The normalized spacial score (nSPS) is 12.1. The predicted octanol–water partition coefficient (Wildman–Crippen LogP) is 3.82. The fourth-order valence-electron chi connectivity index (χ4n) is 1.75. The summed E-state index contributed by atoms with van der Waals surface area (Å²) < 4.78 is 18.3. The summed E-state index contributed by atoms with van der Waals surface area (Å²) in [4.78, 5) is 11.2. The number of carbonyl (C=O) groups is 1. The predicted molar refractivity (Wildman–Crippen MR) is 73.0 cm³/mol. The first kappa shape index (κ1) is 14.5. The van der Waals surface area contributed by atoms with Crippen LogP contribution in [0, 0.1) is 5.82 Å². The molecule has 0 aliphatic heterocycles. The highest BCUT2D eigenvalue weighted by molar-refractivity contribution is 6.31. The molecular formula is C15H12ClFO3. The standard InChI is InChI=1S/C15H12ClFO3/c16-13-8-12(17)7-6-11(13)9-20-14(15(18)19)10-4-2-1-3-5-10/h1-8,14H,9H2,(H,18,19). The average molecular weight is 295 g/mol. The van der Waals surface area contributed by atoms with Crippen molar-refractivity contribution in [1.29, 1.82) is 0 Å². The van der Waals surface area contributed by atoms with Gasteiger partial charge in [0.05, 0.1) is 6.61 Å². The van der Waals surface area contributed by atoms with Crippen LogP contribution in [0.5, 0.6) is 0 Å². The van der Waals surface area contributed by atoms with Crippen LogP contribution in [-0.2, 0) is 16.1 Å². The number of halogens is 2. The molecule has 104 valence electrons. The van der Waals surface area contributed by atoms with E-state index < -0.39 is 17.9 Å². The number of aliphatic carboxylic acids is 1. The molecule has 5 heteroatoms. The Morgan fingerprint density at radius 2 is 1.95 bits per heavy atom. The molecular weight excluding hydrogens is 283 g/mol. The van der Waals surface area contributed by atoms with Gasteiger partial charge in [0.1, 0.15) is 5.82 Å². The van der Waals surface area contributed by atoms with Crippen LogP contribution in [0.2, 0.25) is 5.02 Å². The molecule has 2 aromatic carbocycles. The third-order valence-electron chi connectivity index (χ3n) is 2.75. The van der Waals surface area contributed by atoms with Gasteiger partial charge in [0.15, 0.2) is 6.10 Å². The maximum Gasteiger partial charge on any atom is 0.337 e. The largest absolute Gasteiger partial charge is 0.479 e. The summed E-state index contributed by atoms with van der Waals surface area (Å²) in [7, 11) is 0. The van der Waals surface area contributed by atoms with Crippen molar-refractivity contribution in [2.45, 2.75) is 12.7 Å². The zero-order chi connectivity index (χ0) is 14.5. The van der Waals surface area contributed by atoms with Crippen LogP contribution in [0.25, 0.3) is 0 Å². The highest BCUT2D eigenvalue weighted by atomic mass is 35.5. The highest BCUT2D eigenvalue weighted by Gasteiger charge is 2.20. The number of carboxylic acids is 1. The second-order valence-electron chi connectivity index (χ2n) is 4.18. The van der Waals surface area contributed by atoms with Gasteiger partial charge in [-0.1, -0.05) is 48.0 Å². The van der Waals surface area contributed by atoms with Crippen molar-refractivity contribution >= 4 is 17.6 Å². The molecule has 0 aromatic heterocycles. The first-order chi connectivity index (χ1) is 9.58. The number of benzene rings is 2. The zero-order valence-corrected chi connectivity index (χ0v) is 11.2. The molecule has 0 radical (unpaired) electrons. The van der Waals surface area contributed by atoms with Crippen molar-refractivity contribution < 1.29 is 19.0 Å². The van der Waals surface area contributed by atoms with Gasteiger partial charge in [0.2, 0.25) is 0 Å². The molecule has 0 bridgehead atoms. The Morgan fingerprint density at radius 3 is 2.55 bits per heavy atom. The van der Waals surface area contributed by atoms with E-state index in [1.807, 2.05) is 0 Å². The average Bonchev–Trinajstić information content (AvgIpc) is 2.42. The molecule has 0 saturated carbocycles. The molecule has 0 fully saturated rings. The number of carboxylic acid groups (broad SMARTS) is 1. The Balaban J connectivity index is 2.12. The Labute approximate surface area is 120 Å². The second-order valence-corrected chi connectivity index (χ2v) is 4.58. The highest BCUT2D eigenvalue weighted by Crippen LogP contribution is 2.23. The molecule has 2 aromatic rings. The third kappa shape index (κ3) is 3.56.